The van der Waals surface area contributed by atoms with Crippen molar-refractivity contribution in [3.05, 3.63) is 222 Å². The molecule has 288 valence electrons. The molecule has 1 atom stereocenters. The SMILES string of the molecule is CC1=N/C(c2ccc3cc(-c4cccc(C)c4-c4cc(-c5ccc6c(c5)c5ccccc5n6-c5ccccc5)ccc4C)ccc3c2)=C(/c2ccccc2)C(C)/C=C/C=C1. The summed E-state index contributed by atoms with van der Waals surface area (Å²) >= 11 is 0. The van der Waals surface area contributed by atoms with Crippen LogP contribution in [0.15, 0.2) is 205 Å². The van der Waals surface area contributed by atoms with E-state index in [1.165, 1.54) is 93.9 Å². The van der Waals surface area contributed by atoms with Gasteiger partial charge >= 0.3 is 0 Å². The number of hydrogen-bond donors (Lipinski definition) is 0. The van der Waals surface area contributed by atoms with Crippen LogP contribution in [0.2, 0.25) is 0 Å². The minimum Gasteiger partial charge on any atom is -0.309 e. The third kappa shape index (κ3) is 6.70. The number of hydrogen-bond acceptors (Lipinski definition) is 1. The monoisotopic (exact) mass is 770 g/mol. The van der Waals surface area contributed by atoms with E-state index in [1.807, 2.05) is 0 Å². The maximum atomic E-state index is 5.25. The zero-order valence-corrected chi connectivity index (χ0v) is 34.5. The summed E-state index contributed by atoms with van der Waals surface area (Å²) < 4.78 is 2.38. The van der Waals surface area contributed by atoms with Crippen molar-refractivity contribution in [1.29, 1.82) is 0 Å². The number of benzene rings is 8. The topological polar surface area (TPSA) is 17.3 Å². The third-order valence-corrected chi connectivity index (χ3v) is 12.2. The Morgan fingerprint density at radius 3 is 1.95 bits per heavy atom. The lowest BCUT2D eigenvalue weighted by molar-refractivity contribution is 0.964. The van der Waals surface area contributed by atoms with E-state index in [-0.39, 0.29) is 5.92 Å². The van der Waals surface area contributed by atoms with Crippen LogP contribution in [0.4, 0.5) is 0 Å². The first-order valence-corrected chi connectivity index (χ1v) is 21.0. The van der Waals surface area contributed by atoms with Crippen molar-refractivity contribution in [2.45, 2.75) is 27.7 Å². The van der Waals surface area contributed by atoms with Crippen molar-refractivity contribution in [3.63, 3.8) is 0 Å². The molecule has 1 aromatic heterocycles. The number of fused-ring (bicyclic) bond motifs is 4. The summed E-state index contributed by atoms with van der Waals surface area (Å²) in [7, 11) is 0. The highest BCUT2D eigenvalue weighted by atomic mass is 15.0. The van der Waals surface area contributed by atoms with Gasteiger partial charge in [0.1, 0.15) is 0 Å². The summed E-state index contributed by atoms with van der Waals surface area (Å²) in [5.74, 6) is 0.186. The molecule has 10 rings (SSSR count). The molecule has 60 heavy (non-hydrogen) atoms. The lowest BCUT2D eigenvalue weighted by Crippen LogP contribution is -2.01. The van der Waals surface area contributed by atoms with Gasteiger partial charge in [0.25, 0.3) is 0 Å². The second-order valence-corrected chi connectivity index (χ2v) is 16.1. The highest BCUT2D eigenvalue weighted by molar-refractivity contribution is 6.10. The maximum absolute atomic E-state index is 5.25. The molecule has 1 aliphatic rings. The van der Waals surface area contributed by atoms with Crippen molar-refractivity contribution in [1.82, 2.24) is 4.57 Å². The fourth-order valence-corrected chi connectivity index (χ4v) is 9.15. The molecular formula is C58H46N2. The number of allylic oxidation sites excluding steroid dienone is 5. The fraction of sp³-hybridized carbons (Fsp3) is 0.0862. The Labute approximate surface area is 352 Å². The van der Waals surface area contributed by atoms with Crippen LogP contribution >= 0.6 is 0 Å². The molecule has 0 aliphatic carbocycles. The van der Waals surface area contributed by atoms with Crippen molar-refractivity contribution in [2.24, 2.45) is 10.9 Å². The predicted molar refractivity (Wildman–Crippen MR) is 258 cm³/mol. The molecule has 0 bridgehead atoms. The van der Waals surface area contributed by atoms with E-state index < -0.39 is 0 Å². The average molecular weight is 771 g/mol. The van der Waals surface area contributed by atoms with Crippen LogP contribution in [-0.2, 0) is 0 Å². The highest BCUT2D eigenvalue weighted by Gasteiger charge is 2.19. The van der Waals surface area contributed by atoms with Gasteiger partial charge in [0.2, 0.25) is 0 Å². The lowest BCUT2D eigenvalue weighted by atomic mass is 9.86. The fourth-order valence-electron chi connectivity index (χ4n) is 9.15. The first kappa shape index (κ1) is 37.0. The van der Waals surface area contributed by atoms with Gasteiger partial charge < -0.3 is 4.57 Å². The van der Waals surface area contributed by atoms with E-state index in [2.05, 4.69) is 232 Å². The lowest BCUT2D eigenvalue weighted by Gasteiger charge is -2.19. The Morgan fingerprint density at radius 1 is 0.467 bits per heavy atom. The maximum Gasteiger partial charge on any atom is 0.0749 e. The second-order valence-electron chi connectivity index (χ2n) is 16.1. The first-order valence-electron chi connectivity index (χ1n) is 21.0. The van der Waals surface area contributed by atoms with Gasteiger partial charge in [0.05, 0.1) is 16.7 Å². The molecule has 0 fully saturated rings. The molecule has 1 aliphatic heterocycles. The highest BCUT2D eigenvalue weighted by Crippen LogP contribution is 2.42. The van der Waals surface area contributed by atoms with Gasteiger partial charge in [-0.3, -0.25) is 4.99 Å². The van der Waals surface area contributed by atoms with Crippen molar-refractivity contribution < 1.29 is 0 Å². The molecule has 0 radical (unpaired) electrons. The quantitative estimate of drug-likeness (QED) is 0.160. The van der Waals surface area contributed by atoms with Crippen LogP contribution in [0, 0.1) is 19.8 Å². The van der Waals surface area contributed by atoms with Crippen molar-refractivity contribution in [2.75, 3.05) is 0 Å². The molecule has 2 heterocycles. The first-order chi connectivity index (χ1) is 29.4. The smallest absolute Gasteiger partial charge is 0.0749 e. The number of nitrogens with zero attached hydrogens (tertiary/aromatic N) is 2. The largest absolute Gasteiger partial charge is 0.309 e. The molecule has 1 unspecified atom stereocenters. The van der Waals surface area contributed by atoms with Crippen LogP contribution in [0.5, 0.6) is 0 Å². The summed E-state index contributed by atoms with van der Waals surface area (Å²) in [6.45, 7) is 8.82. The third-order valence-electron chi connectivity index (χ3n) is 12.2. The van der Waals surface area contributed by atoms with E-state index >= 15 is 0 Å². The Hall–Kier alpha value is -7.29. The van der Waals surface area contributed by atoms with E-state index in [4.69, 9.17) is 4.99 Å². The summed E-state index contributed by atoms with van der Waals surface area (Å²) in [6.07, 6.45) is 8.58. The minimum absolute atomic E-state index is 0.186. The number of aromatic nitrogens is 1. The van der Waals surface area contributed by atoms with E-state index in [0.717, 1.165) is 17.0 Å². The van der Waals surface area contributed by atoms with Gasteiger partial charge in [0, 0.05) is 33.7 Å². The van der Waals surface area contributed by atoms with Crippen molar-refractivity contribution >= 4 is 49.6 Å². The second kappa shape index (κ2) is 15.5. The van der Waals surface area contributed by atoms with Gasteiger partial charge in [-0.05, 0) is 142 Å². The number of para-hydroxylation sites is 2. The van der Waals surface area contributed by atoms with Crippen molar-refractivity contribution in [3.8, 4) is 39.1 Å². The van der Waals surface area contributed by atoms with E-state index in [1.54, 1.807) is 0 Å². The molecule has 0 saturated carbocycles. The van der Waals surface area contributed by atoms with Crippen LogP contribution in [0.3, 0.4) is 0 Å². The molecule has 0 N–H and O–H groups in total. The molecular weight excluding hydrogens is 725 g/mol. The van der Waals surface area contributed by atoms with Crippen LogP contribution in [0.1, 0.15) is 36.1 Å². The molecule has 2 heteroatoms. The van der Waals surface area contributed by atoms with Gasteiger partial charge in [-0.2, -0.15) is 0 Å². The minimum atomic E-state index is 0.186. The van der Waals surface area contributed by atoms with E-state index in [9.17, 15) is 0 Å². The van der Waals surface area contributed by atoms with Gasteiger partial charge in [-0.25, -0.2) is 0 Å². The number of aliphatic imine (C=N–C) groups is 1. The van der Waals surface area contributed by atoms with Crippen LogP contribution in [-0.4, -0.2) is 10.3 Å². The normalized spacial score (nSPS) is 16.1. The average Bonchev–Trinajstić information content (AvgIpc) is 3.64. The summed E-state index contributed by atoms with van der Waals surface area (Å²) in [5.41, 5.74) is 19.1. The zero-order chi connectivity index (χ0) is 40.7. The van der Waals surface area contributed by atoms with Gasteiger partial charge in [-0.1, -0.05) is 153 Å². The molecule has 0 amide bonds. The zero-order valence-electron chi connectivity index (χ0n) is 34.5. The Morgan fingerprint density at radius 2 is 1.13 bits per heavy atom. The Bertz CT molecular complexity index is 3230. The Balaban J connectivity index is 1.06. The summed E-state index contributed by atoms with van der Waals surface area (Å²) in [6, 6.07) is 64.5. The van der Waals surface area contributed by atoms with E-state index in [0.29, 0.717) is 0 Å². The molecule has 8 aromatic carbocycles. The molecule has 9 aromatic rings. The van der Waals surface area contributed by atoms with Crippen LogP contribution in [0.25, 0.3) is 82.9 Å². The molecule has 2 nitrogen and oxygen atoms in total. The molecule has 0 spiro atoms. The predicted octanol–water partition coefficient (Wildman–Crippen LogP) is 15.6. The van der Waals surface area contributed by atoms with Crippen LogP contribution < -0.4 is 0 Å². The summed E-state index contributed by atoms with van der Waals surface area (Å²) in [4.78, 5) is 5.25. The number of aryl methyl sites for hydroxylation is 2. The standard InChI is InChI=1S/C58H46N2/c1-38-26-27-45(46-32-33-55-53(37-46)51-23-13-14-25-54(51)60(55)49-21-9-6-10-22-49)36-52(38)57-40(3)17-15-24-50(57)47-30-28-44-35-48(31-29-43(44)34-47)58-56(42-19-7-5-8-20-42)39(2)16-11-12-18-41(4)59-58/h5-37,39H,1-4H3/b16-11+,18-12?,58-56+,59-41?. The number of rotatable bonds is 6. The van der Waals surface area contributed by atoms with Gasteiger partial charge in [0.15, 0.2) is 0 Å². The summed E-state index contributed by atoms with van der Waals surface area (Å²) in [5, 5.41) is 4.91. The molecule has 0 saturated heterocycles. The van der Waals surface area contributed by atoms with Gasteiger partial charge in [-0.15, -0.1) is 0 Å². The Kier molecular flexibility index (Phi) is 9.54.